The van der Waals surface area contributed by atoms with E-state index < -0.39 is 0 Å². The number of halogens is 2. The number of anilines is 1. The standard InChI is InChI=1S/C12H9BrClN3O/c1-7-5-16-11(6-15-7)12(18)17-10-4-8(13)2-3-9(10)14/h2-6H,1H3,(H,17,18). The summed E-state index contributed by atoms with van der Waals surface area (Å²) in [6, 6.07) is 5.22. The Morgan fingerprint density at radius 1 is 1.33 bits per heavy atom. The van der Waals surface area contributed by atoms with Gasteiger partial charge in [-0.1, -0.05) is 27.5 Å². The van der Waals surface area contributed by atoms with Crippen molar-refractivity contribution in [3.05, 3.63) is 51.5 Å². The van der Waals surface area contributed by atoms with E-state index >= 15 is 0 Å². The quantitative estimate of drug-likeness (QED) is 0.919. The van der Waals surface area contributed by atoms with Crippen LogP contribution in [0.1, 0.15) is 16.2 Å². The third-order valence-electron chi connectivity index (χ3n) is 2.19. The molecule has 0 aliphatic carbocycles. The predicted octanol–water partition coefficient (Wildman–Crippen LogP) is 3.45. The third-order valence-corrected chi connectivity index (χ3v) is 3.01. The van der Waals surface area contributed by atoms with Crippen LogP contribution in [-0.4, -0.2) is 15.9 Å². The molecule has 1 N–H and O–H groups in total. The monoisotopic (exact) mass is 325 g/mol. The molecule has 0 saturated carbocycles. The summed E-state index contributed by atoms with van der Waals surface area (Å²) in [7, 11) is 0. The summed E-state index contributed by atoms with van der Waals surface area (Å²) in [4.78, 5) is 19.9. The van der Waals surface area contributed by atoms with E-state index in [-0.39, 0.29) is 11.6 Å². The summed E-state index contributed by atoms with van der Waals surface area (Å²) < 4.78 is 0.831. The third kappa shape index (κ3) is 3.05. The van der Waals surface area contributed by atoms with Gasteiger partial charge in [-0.3, -0.25) is 9.78 Å². The zero-order valence-electron chi connectivity index (χ0n) is 9.45. The van der Waals surface area contributed by atoms with Crippen LogP contribution in [0, 0.1) is 6.92 Å². The van der Waals surface area contributed by atoms with Gasteiger partial charge >= 0.3 is 0 Å². The van der Waals surface area contributed by atoms with Crippen molar-refractivity contribution in [2.75, 3.05) is 5.32 Å². The first-order valence-electron chi connectivity index (χ1n) is 5.11. The Morgan fingerprint density at radius 3 is 2.78 bits per heavy atom. The summed E-state index contributed by atoms with van der Waals surface area (Å²) in [6.07, 6.45) is 2.97. The average Bonchev–Trinajstić information content (AvgIpc) is 2.34. The number of benzene rings is 1. The second-order valence-electron chi connectivity index (χ2n) is 3.62. The Bertz CT molecular complexity index is 586. The average molecular weight is 327 g/mol. The maximum Gasteiger partial charge on any atom is 0.275 e. The molecule has 4 nitrogen and oxygen atoms in total. The van der Waals surface area contributed by atoms with E-state index in [9.17, 15) is 4.79 Å². The van der Waals surface area contributed by atoms with Gasteiger partial charge in [0.1, 0.15) is 5.69 Å². The zero-order chi connectivity index (χ0) is 13.1. The lowest BCUT2D eigenvalue weighted by Crippen LogP contribution is -2.14. The first kappa shape index (κ1) is 13.0. The zero-order valence-corrected chi connectivity index (χ0v) is 11.8. The number of hydrogen-bond acceptors (Lipinski definition) is 3. The van der Waals surface area contributed by atoms with Gasteiger partial charge in [0.25, 0.3) is 5.91 Å². The van der Waals surface area contributed by atoms with Crippen molar-refractivity contribution in [2.45, 2.75) is 6.92 Å². The first-order chi connectivity index (χ1) is 8.56. The molecule has 1 aromatic carbocycles. The molecule has 18 heavy (non-hydrogen) atoms. The van der Waals surface area contributed by atoms with Crippen LogP contribution < -0.4 is 5.32 Å². The van der Waals surface area contributed by atoms with E-state index in [0.717, 1.165) is 10.2 Å². The molecule has 1 aromatic heterocycles. The van der Waals surface area contributed by atoms with Crippen molar-refractivity contribution in [3.63, 3.8) is 0 Å². The molecular formula is C12H9BrClN3O. The molecule has 0 aliphatic rings. The molecule has 1 amide bonds. The van der Waals surface area contributed by atoms with E-state index in [0.29, 0.717) is 10.7 Å². The van der Waals surface area contributed by atoms with Gasteiger partial charge in [0, 0.05) is 10.7 Å². The Labute approximate surface area is 118 Å². The number of aryl methyl sites for hydroxylation is 1. The summed E-state index contributed by atoms with van der Waals surface area (Å²) >= 11 is 9.30. The molecule has 0 fully saturated rings. The first-order valence-corrected chi connectivity index (χ1v) is 6.28. The second kappa shape index (κ2) is 5.46. The van der Waals surface area contributed by atoms with Gasteiger partial charge in [0.15, 0.2) is 0 Å². The highest BCUT2D eigenvalue weighted by atomic mass is 79.9. The van der Waals surface area contributed by atoms with E-state index in [1.165, 1.54) is 12.4 Å². The second-order valence-corrected chi connectivity index (χ2v) is 4.94. The summed E-state index contributed by atoms with van der Waals surface area (Å²) in [5.41, 5.74) is 1.53. The molecule has 0 spiro atoms. The Kier molecular flexibility index (Phi) is 3.93. The number of rotatable bonds is 2. The van der Waals surface area contributed by atoms with Crippen molar-refractivity contribution in [1.82, 2.24) is 9.97 Å². The molecule has 0 radical (unpaired) electrons. The Balaban J connectivity index is 2.21. The van der Waals surface area contributed by atoms with Gasteiger partial charge < -0.3 is 5.32 Å². The summed E-state index contributed by atoms with van der Waals surface area (Å²) in [5, 5.41) is 3.15. The van der Waals surface area contributed by atoms with Crippen molar-refractivity contribution in [1.29, 1.82) is 0 Å². The largest absolute Gasteiger partial charge is 0.319 e. The predicted molar refractivity (Wildman–Crippen MR) is 73.9 cm³/mol. The fraction of sp³-hybridized carbons (Fsp3) is 0.0833. The molecule has 1 heterocycles. The lowest BCUT2D eigenvalue weighted by atomic mass is 10.3. The van der Waals surface area contributed by atoms with Crippen LogP contribution in [0.5, 0.6) is 0 Å². The van der Waals surface area contributed by atoms with Gasteiger partial charge in [-0.2, -0.15) is 0 Å². The number of carbonyl (C=O) groups excluding carboxylic acids is 1. The van der Waals surface area contributed by atoms with Crippen LogP contribution in [0.25, 0.3) is 0 Å². The minimum Gasteiger partial charge on any atom is -0.319 e. The van der Waals surface area contributed by atoms with E-state index in [1.54, 1.807) is 25.1 Å². The fourth-order valence-corrected chi connectivity index (χ4v) is 1.82. The molecule has 0 aliphatic heterocycles. The van der Waals surface area contributed by atoms with Gasteiger partial charge in [-0.25, -0.2) is 4.98 Å². The number of aromatic nitrogens is 2. The molecule has 6 heteroatoms. The lowest BCUT2D eigenvalue weighted by Gasteiger charge is -2.07. The topological polar surface area (TPSA) is 54.9 Å². The van der Waals surface area contributed by atoms with Crippen LogP contribution in [0.2, 0.25) is 5.02 Å². The molecule has 2 aromatic rings. The molecule has 2 rings (SSSR count). The number of amides is 1. The lowest BCUT2D eigenvalue weighted by molar-refractivity contribution is 0.102. The van der Waals surface area contributed by atoms with Crippen molar-refractivity contribution < 1.29 is 4.79 Å². The van der Waals surface area contributed by atoms with Crippen molar-refractivity contribution in [3.8, 4) is 0 Å². The number of nitrogens with zero attached hydrogens (tertiary/aromatic N) is 2. The van der Waals surface area contributed by atoms with Crippen LogP contribution >= 0.6 is 27.5 Å². The maximum absolute atomic E-state index is 11.9. The van der Waals surface area contributed by atoms with Crippen LogP contribution in [0.3, 0.4) is 0 Å². The Morgan fingerprint density at radius 2 is 2.11 bits per heavy atom. The summed E-state index contributed by atoms with van der Waals surface area (Å²) in [5.74, 6) is -0.345. The highest BCUT2D eigenvalue weighted by molar-refractivity contribution is 9.10. The highest BCUT2D eigenvalue weighted by Crippen LogP contribution is 2.25. The minimum absolute atomic E-state index is 0.247. The summed E-state index contributed by atoms with van der Waals surface area (Å²) in [6.45, 7) is 1.81. The van der Waals surface area contributed by atoms with Crippen molar-refractivity contribution >= 4 is 39.1 Å². The number of hydrogen-bond donors (Lipinski definition) is 1. The minimum atomic E-state index is -0.345. The smallest absolute Gasteiger partial charge is 0.275 e. The Hall–Kier alpha value is -1.46. The van der Waals surface area contributed by atoms with Crippen molar-refractivity contribution in [2.24, 2.45) is 0 Å². The molecule has 92 valence electrons. The van der Waals surface area contributed by atoms with Gasteiger partial charge in [-0.05, 0) is 25.1 Å². The molecular weight excluding hydrogens is 318 g/mol. The van der Waals surface area contributed by atoms with Crippen LogP contribution in [0.15, 0.2) is 35.1 Å². The van der Waals surface area contributed by atoms with Gasteiger partial charge in [0.2, 0.25) is 0 Å². The molecule has 0 saturated heterocycles. The van der Waals surface area contributed by atoms with E-state index in [1.807, 2.05) is 0 Å². The molecule has 0 atom stereocenters. The SMILES string of the molecule is Cc1cnc(C(=O)Nc2cc(Br)ccc2Cl)cn1. The van der Waals surface area contributed by atoms with Gasteiger partial charge in [-0.15, -0.1) is 0 Å². The molecule has 0 unspecified atom stereocenters. The van der Waals surface area contributed by atoms with E-state index in [4.69, 9.17) is 11.6 Å². The molecule has 0 bridgehead atoms. The normalized spacial score (nSPS) is 10.2. The maximum atomic E-state index is 11.9. The van der Waals surface area contributed by atoms with Crippen LogP contribution in [0.4, 0.5) is 5.69 Å². The number of carbonyl (C=O) groups is 1. The fourth-order valence-electron chi connectivity index (χ4n) is 1.29. The number of nitrogens with one attached hydrogen (secondary N) is 1. The highest BCUT2D eigenvalue weighted by Gasteiger charge is 2.10. The van der Waals surface area contributed by atoms with Crippen LogP contribution in [-0.2, 0) is 0 Å². The van der Waals surface area contributed by atoms with E-state index in [2.05, 4.69) is 31.2 Å². The van der Waals surface area contributed by atoms with Gasteiger partial charge in [0.05, 0.1) is 22.6 Å².